The summed E-state index contributed by atoms with van der Waals surface area (Å²) < 4.78 is 18.4. The molecule has 0 bridgehead atoms. The molecule has 2 aromatic carbocycles. The highest BCUT2D eigenvalue weighted by atomic mass is 32.2. The zero-order valence-electron chi connectivity index (χ0n) is 20.7. The first-order valence-electron chi connectivity index (χ1n) is 12.2. The van der Waals surface area contributed by atoms with E-state index in [1.165, 1.54) is 0 Å². The van der Waals surface area contributed by atoms with Crippen LogP contribution in [0.4, 0.5) is 0 Å². The van der Waals surface area contributed by atoms with Gasteiger partial charge in [0.15, 0.2) is 0 Å². The van der Waals surface area contributed by atoms with E-state index < -0.39 is 10.8 Å². The Hall–Kier alpha value is -3.45. The minimum Gasteiger partial charge on any atom is -0.437 e. The molecule has 3 unspecified atom stereocenters. The van der Waals surface area contributed by atoms with Crippen LogP contribution in [0.3, 0.4) is 0 Å². The van der Waals surface area contributed by atoms with Crippen molar-refractivity contribution < 1.29 is 13.7 Å². The van der Waals surface area contributed by atoms with Crippen LogP contribution in [-0.2, 0) is 22.0 Å². The van der Waals surface area contributed by atoms with Gasteiger partial charge in [0.2, 0.25) is 11.0 Å². The van der Waals surface area contributed by atoms with Gasteiger partial charge in [0.05, 0.1) is 22.1 Å². The molecule has 184 valence electrons. The fraction of sp³-hybridized carbons (Fsp3) is 0.310. The summed E-state index contributed by atoms with van der Waals surface area (Å²) in [7, 11) is -1.30. The number of ether oxygens (including phenoxy) is 1. The first-order valence-corrected chi connectivity index (χ1v) is 13.8. The lowest BCUT2D eigenvalue weighted by molar-refractivity contribution is -0.122. The summed E-state index contributed by atoms with van der Waals surface area (Å²) in [5.41, 5.74) is 3.26. The van der Waals surface area contributed by atoms with Crippen molar-refractivity contribution in [1.82, 2.24) is 15.0 Å². The zero-order valence-corrected chi connectivity index (χ0v) is 21.5. The van der Waals surface area contributed by atoms with Gasteiger partial charge in [-0.1, -0.05) is 37.3 Å². The minimum absolute atomic E-state index is 0.169. The molecule has 1 saturated carbocycles. The number of carbonyl (C=O) groups excluding carboxylic acids is 1. The molecule has 6 nitrogen and oxygen atoms in total. The van der Waals surface area contributed by atoms with Crippen molar-refractivity contribution in [2.24, 2.45) is 11.8 Å². The second-order valence-electron chi connectivity index (χ2n) is 9.62. The Labute approximate surface area is 213 Å². The Morgan fingerprint density at radius 2 is 1.89 bits per heavy atom. The summed E-state index contributed by atoms with van der Waals surface area (Å²) in [5, 5.41) is 2.21. The molecule has 2 aromatic heterocycles. The van der Waals surface area contributed by atoms with Gasteiger partial charge >= 0.3 is 0 Å². The maximum absolute atomic E-state index is 13.0. The van der Waals surface area contributed by atoms with E-state index in [0.717, 1.165) is 41.2 Å². The SMILES string of the molecule is Cc1ccc2c(CC(=O)C3CCC(C)C3)cccc2c1Oc1ncccc1-c1ccnc(S(C)=O)n1. The summed E-state index contributed by atoms with van der Waals surface area (Å²) in [4.78, 5) is 26.1. The molecular formula is C29H29N3O3S. The zero-order chi connectivity index (χ0) is 25.2. The normalized spacial score (nSPS) is 18.3. The molecule has 36 heavy (non-hydrogen) atoms. The molecule has 5 rings (SSSR count). The summed E-state index contributed by atoms with van der Waals surface area (Å²) in [6.07, 6.45) is 8.38. The average Bonchev–Trinajstić information content (AvgIpc) is 3.32. The first kappa shape index (κ1) is 24.3. The van der Waals surface area contributed by atoms with Crippen molar-refractivity contribution in [3.05, 3.63) is 72.1 Å². The predicted octanol–water partition coefficient (Wildman–Crippen LogP) is 6.08. The minimum atomic E-state index is -1.30. The third-order valence-electron chi connectivity index (χ3n) is 6.95. The maximum atomic E-state index is 13.0. The number of nitrogens with zero attached hydrogens (tertiary/aromatic N) is 3. The van der Waals surface area contributed by atoms with Gasteiger partial charge in [0, 0.05) is 36.4 Å². The van der Waals surface area contributed by atoms with Crippen LogP contribution < -0.4 is 4.74 Å². The fourth-order valence-electron chi connectivity index (χ4n) is 5.02. The van der Waals surface area contributed by atoms with Crippen LogP contribution in [0.15, 0.2) is 66.1 Å². The van der Waals surface area contributed by atoms with Crippen LogP contribution in [-0.4, -0.2) is 31.2 Å². The fourth-order valence-corrected chi connectivity index (χ4v) is 5.45. The highest BCUT2D eigenvalue weighted by Gasteiger charge is 2.27. The molecule has 1 fully saturated rings. The van der Waals surface area contributed by atoms with E-state index in [9.17, 15) is 9.00 Å². The lowest BCUT2D eigenvalue weighted by Gasteiger charge is -2.16. The molecular weight excluding hydrogens is 470 g/mol. The van der Waals surface area contributed by atoms with Crippen LogP contribution in [0.1, 0.15) is 37.3 Å². The number of rotatable bonds is 7. The van der Waals surface area contributed by atoms with Crippen LogP contribution in [0, 0.1) is 18.8 Å². The predicted molar refractivity (Wildman–Crippen MR) is 142 cm³/mol. The highest BCUT2D eigenvalue weighted by molar-refractivity contribution is 7.84. The van der Waals surface area contributed by atoms with Crippen molar-refractivity contribution in [2.45, 2.75) is 44.7 Å². The standard InChI is InChI=1S/C29H29N3O3S/c1-18-9-11-21(16-18)26(33)17-20-6-4-7-23-22(20)12-10-19(2)27(23)35-28-24(8-5-14-30-28)25-13-15-31-29(32-25)36(3)34/h4-8,10,12-15,18,21H,9,11,16-17H2,1-3H3. The van der Waals surface area contributed by atoms with Gasteiger partial charge in [-0.05, 0) is 66.8 Å². The van der Waals surface area contributed by atoms with E-state index in [-0.39, 0.29) is 11.1 Å². The van der Waals surface area contributed by atoms with Crippen molar-refractivity contribution in [1.29, 1.82) is 0 Å². The number of aryl methyl sites for hydroxylation is 1. The van der Waals surface area contributed by atoms with Gasteiger partial charge in [-0.3, -0.25) is 9.00 Å². The molecule has 0 radical (unpaired) electrons. The Morgan fingerprint density at radius 1 is 1.03 bits per heavy atom. The van der Waals surface area contributed by atoms with Gasteiger partial charge < -0.3 is 4.74 Å². The summed E-state index contributed by atoms with van der Waals surface area (Å²) in [5.74, 6) is 2.23. The first-order chi connectivity index (χ1) is 17.4. The third kappa shape index (κ3) is 4.93. The van der Waals surface area contributed by atoms with E-state index in [1.807, 2.05) is 43.3 Å². The quantitative estimate of drug-likeness (QED) is 0.287. The van der Waals surface area contributed by atoms with Crippen LogP contribution in [0.2, 0.25) is 0 Å². The number of fused-ring (bicyclic) bond motifs is 1. The van der Waals surface area contributed by atoms with Gasteiger partial charge in [0.1, 0.15) is 11.5 Å². The third-order valence-corrected chi connectivity index (χ3v) is 7.66. The van der Waals surface area contributed by atoms with E-state index in [2.05, 4.69) is 27.9 Å². The molecule has 1 aliphatic rings. The largest absolute Gasteiger partial charge is 0.437 e. The topological polar surface area (TPSA) is 82.0 Å². The van der Waals surface area contributed by atoms with Crippen molar-refractivity contribution in [2.75, 3.05) is 6.26 Å². The molecule has 0 saturated heterocycles. The maximum Gasteiger partial charge on any atom is 0.228 e. The van der Waals surface area contributed by atoms with Gasteiger partial charge in [-0.2, -0.15) is 0 Å². The molecule has 1 aliphatic carbocycles. The smallest absolute Gasteiger partial charge is 0.228 e. The van der Waals surface area contributed by atoms with Gasteiger partial charge in [-0.15, -0.1) is 0 Å². The molecule has 4 aromatic rings. The molecule has 7 heteroatoms. The van der Waals surface area contributed by atoms with E-state index in [4.69, 9.17) is 4.74 Å². The number of carbonyl (C=O) groups is 1. The number of hydrogen-bond acceptors (Lipinski definition) is 6. The molecule has 2 heterocycles. The second-order valence-corrected chi connectivity index (χ2v) is 10.9. The van der Waals surface area contributed by atoms with Crippen molar-refractivity contribution in [3.8, 4) is 22.9 Å². The van der Waals surface area contributed by atoms with Gasteiger partial charge in [0.25, 0.3) is 0 Å². The molecule has 0 N–H and O–H groups in total. The lowest BCUT2D eigenvalue weighted by atomic mass is 9.92. The van der Waals surface area contributed by atoms with Gasteiger partial charge in [-0.25, -0.2) is 15.0 Å². The summed E-state index contributed by atoms with van der Waals surface area (Å²) in [6, 6.07) is 15.6. The second kappa shape index (κ2) is 10.3. The summed E-state index contributed by atoms with van der Waals surface area (Å²) >= 11 is 0. The van der Waals surface area contributed by atoms with E-state index in [0.29, 0.717) is 41.0 Å². The Kier molecular flexibility index (Phi) is 6.92. The van der Waals surface area contributed by atoms with E-state index in [1.54, 1.807) is 24.7 Å². The number of pyridine rings is 1. The number of ketones is 1. The monoisotopic (exact) mass is 499 g/mol. The average molecular weight is 500 g/mol. The number of aromatic nitrogens is 3. The molecule has 3 atom stereocenters. The van der Waals surface area contributed by atoms with Crippen LogP contribution in [0.25, 0.3) is 22.0 Å². The van der Waals surface area contributed by atoms with E-state index >= 15 is 0 Å². The number of benzene rings is 2. The molecule has 0 spiro atoms. The Bertz CT molecular complexity index is 1470. The Balaban J connectivity index is 1.51. The Morgan fingerprint density at radius 3 is 2.67 bits per heavy atom. The number of Topliss-reactive ketones (excluding diaryl/α,β-unsaturated/α-hetero) is 1. The molecule has 0 aliphatic heterocycles. The van der Waals surface area contributed by atoms with Crippen molar-refractivity contribution in [3.63, 3.8) is 0 Å². The van der Waals surface area contributed by atoms with Crippen LogP contribution >= 0.6 is 0 Å². The van der Waals surface area contributed by atoms with Crippen LogP contribution in [0.5, 0.6) is 11.6 Å². The summed E-state index contributed by atoms with van der Waals surface area (Å²) in [6.45, 7) is 4.23. The van der Waals surface area contributed by atoms with Crippen molar-refractivity contribution >= 4 is 27.4 Å². The number of hydrogen-bond donors (Lipinski definition) is 0. The highest BCUT2D eigenvalue weighted by Crippen LogP contribution is 2.38. The molecule has 0 amide bonds. The lowest BCUT2D eigenvalue weighted by Crippen LogP contribution is -2.14.